The van der Waals surface area contributed by atoms with E-state index < -0.39 is 11.9 Å². The first kappa shape index (κ1) is 15.8. The smallest absolute Gasteiger partial charge is 0.308 e. The van der Waals surface area contributed by atoms with Crippen LogP contribution in [0.1, 0.15) is 24.3 Å². The Kier molecular flexibility index (Phi) is 4.62. The highest BCUT2D eigenvalue weighted by molar-refractivity contribution is 6.32. The van der Waals surface area contributed by atoms with E-state index in [2.05, 4.69) is 15.4 Å². The standard InChI is InChI=1S/C13H13ClN4O4/c1-3-21-9-5-7(4-8(14)12(9)22-6(2)19)10-11(13(15)20)17-18-16-10/h4-5H,3H2,1-2H3,(H2,15,20)(H,16,17,18). The van der Waals surface area contributed by atoms with Crippen LogP contribution in [0.5, 0.6) is 11.5 Å². The van der Waals surface area contributed by atoms with Crippen LogP contribution in [-0.2, 0) is 4.79 Å². The molecule has 0 aliphatic heterocycles. The number of esters is 1. The van der Waals surface area contributed by atoms with Gasteiger partial charge >= 0.3 is 5.97 Å². The van der Waals surface area contributed by atoms with E-state index in [0.717, 1.165) is 0 Å². The van der Waals surface area contributed by atoms with Crippen LogP contribution in [0.3, 0.4) is 0 Å². The molecule has 0 aliphatic rings. The first-order valence-electron chi connectivity index (χ1n) is 6.29. The average molecular weight is 325 g/mol. The second-order valence-electron chi connectivity index (χ2n) is 4.20. The van der Waals surface area contributed by atoms with E-state index in [0.29, 0.717) is 12.2 Å². The summed E-state index contributed by atoms with van der Waals surface area (Å²) in [6.45, 7) is 3.35. The molecule has 0 unspecified atom stereocenters. The number of primary amides is 1. The highest BCUT2D eigenvalue weighted by Crippen LogP contribution is 2.39. The molecule has 3 N–H and O–H groups in total. The summed E-state index contributed by atoms with van der Waals surface area (Å²) in [5, 5.41) is 10.0. The summed E-state index contributed by atoms with van der Waals surface area (Å²) in [5.41, 5.74) is 5.88. The van der Waals surface area contributed by atoms with Gasteiger partial charge in [0.25, 0.3) is 5.91 Å². The molecule has 2 rings (SSSR count). The molecule has 116 valence electrons. The number of hydrogen-bond acceptors (Lipinski definition) is 6. The fraction of sp³-hybridized carbons (Fsp3) is 0.231. The lowest BCUT2D eigenvalue weighted by Crippen LogP contribution is -2.13. The van der Waals surface area contributed by atoms with Crippen LogP contribution in [0.25, 0.3) is 11.3 Å². The number of ether oxygens (including phenoxy) is 2. The number of H-pyrrole nitrogens is 1. The van der Waals surface area contributed by atoms with Crippen LogP contribution >= 0.6 is 11.6 Å². The lowest BCUT2D eigenvalue weighted by Gasteiger charge is -2.12. The zero-order valence-corrected chi connectivity index (χ0v) is 12.6. The monoisotopic (exact) mass is 324 g/mol. The van der Waals surface area contributed by atoms with Gasteiger partial charge in [0.1, 0.15) is 5.69 Å². The van der Waals surface area contributed by atoms with E-state index in [4.69, 9.17) is 26.8 Å². The predicted octanol–water partition coefficient (Wildman–Crippen LogP) is 1.55. The van der Waals surface area contributed by atoms with Crippen molar-refractivity contribution in [2.75, 3.05) is 6.61 Å². The zero-order chi connectivity index (χ0) is 16.3. The van der Waals surface area contributed by atoms with Crippen molar-refractivity contribution < 1.29 is 19.1 Å². The summed E-state index contributed by atoms with van der Waals surface area (Å²) in [6, 6.07) is 3.02. The molecule has 22 heavy (non-hydrogen) atoms. The Morgan fingerprint density at radius 3 is 2.68 bits per heavy atom. The normalized spacial score (nSPS) is 10.3. The van der Waals surface area contributed by atoms with Crippen LogP contribution < -0.4 is 15.2 Å². The maximum absolute atomic E-state index is 11.3. The van der Waals surface area contributed by atoms with Crippen molar-refractivity contribution in [2.45, 2.75) is 13.8 Å². The van der Waals surface area contributed by atoms with E-state index in [1.807, 2.05) is 0 Å². The van der Waals surface area contributed by atoms with Gasteiger partial charge in [0, 0.05) is 12.5 Å². The second kappa shape index (κ2) is 6.44. The molecule has 0 saturated heterocycles. The van der Waals surface area contributed by atoms with Gasteiger partial charge in [-0.1, -0.05) is 11.6 Å². The summed E-state index contributed by atoms with van der Waals surface area (Å²) in [7, 11) is 0. The Morgan fingerprint density at radius 1 is 1.36 bits per heavy atom. The molecule has 0 fully saturated rings. The Morgan fingerprint density at radius 2 is 2.09 bits per heavy atom. The first-order valence-corrected chi connectivity index (χ1v) is 6.67. The van der Waals surface area contributed by atoms with E-state index in [-0.39, 0.29) is 27.9 Å². The third kappa shape index (κ3) is 3.17. The third-order valence-corrected chi connectivity index (χ3v) is 2.89. The topological polar surface area (TPSA) is 120 Å². The Labute approximate surface area is 130 Å². The Balaban J connectivity index is 2.56. The minimum Gasteiger partial charge on any atom is -0.490 e. The molecular weight excluding hydrogens is 312 g/mol. The van der Waals surface area contributed by atoms with Crippen molar-refractivity contribution in [2.24, 2.45) is 5.73 Å². The van der Waals surface area contributed by atoms with Crippen molar-refractivity contribution in [1.29, 1.82) is 0 Å². The summed E-state index contributed by atoms with van der Waals surface area (Å²) in [6.07, 6.45) is 0. The number of aromatic amines is 1. The minimum atomic E-state index is -0.734. The second-order valence-corrected chi connectivity index (χ2v) is 4.60. The van der Waals surface area contributed by atoms with Crippen LogP contribution in [0.15, 0.2) is 12.1 Å². The number of rotatable bonds is 5. The van der Waals surface area contributed by atoms with Crippen molar-refractivity contribution in [3.8, 4) is 22.8 Å². The SMILES string of the molecule is CCOc1cc(-c2n[nH]nc2C(N)=O)cc(Cl)c1OC(C)=O. The van der Waals surface area contributed by atoms with Gasteiger partial charge in [-0.25, -0.2) is 0 Å². The molecule has 0 spiro atoms. The largest absolute Gasteiger partial charge is 0.490 e. The number of hydrogen-bond donors (Lipinski definition) is 2. The number of nitrogens with zero attached hydrogens (tertiary/aromatic N) is 2. The average Bonchev–Trinajstić information content (AvgIpc) is 2.91. The van der Waals surface area contributed by atoms with Gasteiger partial charge in [0.2, 0.25) is 0 Å². The number of carbonyl (C=O) groups is 2. The molecule has 1 aromatic carbocycles. The maximum atomic E-state index is 11.3. The highest BCUT2D eigenvalue weighted by Gasteiger charge is 2.20. The quantitative estimate of drug-likeness (QED) is 0.636. The summed E-state index contributed by atoms with van der Waals surface area (Å²) < 4.78 is 10.5. The Bertz CT molecular complexity index is 729. The molecule has 0 atom stereocenters. The molecule has 0 saturated carbocycles. The molecule has 0 aliphatic carbocycles. The molecule has 8 nitrogen and oxygen atoms in total. The van der Waals surface area contributed by atoms with Gasteiger partial charge in [-0.15, -0.1) is 0 Å². The highest BCUT2D eigenvalue weighted by atomic mass is 35.5. The molecule has 1 aromatic heterocycles. The molecule has 0 bridgehead atoms. The van der Waals surface area contributed by atoms with E-state index in [9.17, 15) is 9.59 Å². The van der Waals surface area contributed by atoms with Gasteiger partial charge in [0.05, 0.1) is 11.6 Å². The van der Waals surface area contributed by atoms with Gasteiger partial charge in [0.15, 0.2) is 17.2 Å². The van der Waals surface area contributed by atoms with Crippen molar-refractivity contribution in [3.63, 3.8) is 0 Å². The van der Waals surface area contributed by atoms with Gasteiger partial charge in [-0.05, 0) is 19.1 Å². The van der Waals surface area contributed by atoms with E-state index in [1.54, 1.807) is 6.92 Å². The van der Waals surface area contributed by atoms with Crippen LogP contribution in [0.4, 0.5) is 0 Å². The third-order valence-electron chi connectivity index (χ3n) is 2.61. The van der Waals surface area contributed by atoms with Crippen LogP contribution in [0, 0.1) is 0 Å². The number of carbonyl (C=O) groups excluding carboxylic acids is 2. The number of nitrogens with one attached hydrogen (secondary N) is 1. The summed E-state index contributed by atoms with van der Waals surface area (Å²) in [5.74, 6) is -0.917. The number of amides is 1. The van der Waals surface area contributed by atoms with Crippen molar-refractivity contribution >= 4 is 23.5 Å². The number of nitrogens with two attached hydrogens (primary N) is 1. The number of benzene rings is 1. The van der Waals surface area contributed by atoms with Crippen molar-refractivity contribution in [1.82, 2.24) is 15.4 Å². The number of aromatic nitrogens is 3. The van der Waals surface area contributed by atoms with Crippen molar-refractivity contribution in [3.05, 3.63) is 22.8 Å². The summed E-state index contributed by atoms with van der Waals surface area (Å²) >= 11 is 6.13. The molecule has 1 amide bonds. The lowest BCUT2D eigenvalue weighted by molar-refractivity contribution is -0.132. The molecular formula is C13H13ClN4O4. The molecule has 1 heterocycles. The van der Waals surface area contributed by atoms with Gasteiger partial charge < -0.3 is 15.2 Å². The fourth-order valence-corrected chi connectivity index (χ4v) is 2.06. The minimum absolute atomic E-state index is 0.0289. The van der Waals surface area contributed by atoms with Gasteiger partial charge in [-0.3, -0.25) is 9.59 Å². The molecule has 2 aromatic rings. The molecule has 9 heteroatoms. The zero-order valence-electron chi connectivity index (χ0n) is 11.8. The number of halogens is 1. The maximum Gasteiger partial charge on any atom is 0.308 e. The predicted molar refractivity (Wildman–Crippen MR) is 77.8 cm³/mol. The van der Waals surface area contributed by atoms with Crippen LogP contribution in [-0.4, -0.2) is 33.9 Å². The summed E-state index contributed by atoms with van der Waals surface area (Å²) in [4.78, 5) is 22.5. The van der Waals surface area contributed by atoms with Gasteiger partial charge in [-0.2, -0.15) is 15.4 Å². The Hall–Kier alpha value is -2.61. The first-order chi connectivity index (χ1) is 10.4. The lowest BCUT2D eigenvalue weighted by atomic mass is 10.1. The molecule has 0 radical (unpaired) electrons. The fourth-order valence-electron chi connectivity index (χ4n) is 1.81. The van der Waals surface area contributed by atoms with E-state index in [1.165, 1.54) is 19.1 Å². The van der Waals surface area contributed by atoms with E-state index >= 15 is 0 Å². The van der Waals surface area contributed by atoms with Crippen LogP contribution in [0.2, 0.25) is 5.02 Å².